The normalized spacial score (nSPS) is 10.3. The van der Waals surface area contributed by atoms with E-state index in [1.54, 1.807) is 0 Å². The Morgan fingerprint density at radius 2 is 2.15 bits per heavy atom. The van der Waals surface area contributed by atoms with Gasteiger partial charge >= 0.3 is 0 Å². The predicted octanol–water partition coefficient (Wildman–Crippen LogP) is 1.84. The number of anilines is 1. The van der Waals surface area contributed by atoms with Gasteiger partial charge in [-0.3, -0.25) is 14.9 Å². The fourth-order valence-corrected chi connectivity index (χ4v) is 2.37. The fourth-order valence-electron chi connectivity index (χ4n) is 1.18. The number of hydrogen-bond acceptors (Lipinski definition) is 6. The number of primary amides is 1. The average Bonchev–Trinajstić information content (AvgIpc) is 2.83. The van der Waals surface area contributed by atoms with E-state index in [0.717, 1.165) is 11.3 Å². The molecule has 0 aliphatic heterocycles. The van der Waals surface area contributed by atoms with Gasteiger partial charge < -0.3 is 5.73 Å². The molecular weight excluding hydrogens is 377 g/mol. The van der Waals surface area contributed by atoms with E-state index in [2.05, 4.69) is 36.4 Å². The third-order valence-electron chi connectivity index (χ3n) is 2.01. The van der Waals surface area contributed by atoms with Gasteiger partial charge in [0.25, 0.3) is 11.8 Å². The van der Waals surface area contributed by atoms with Gasteiger partial charge in [0.2, 0.25) is 10.1 Å². The van der Waals surface area contributed by atoms with Crippen LogP contribution < -0.4 is 11.1 Å². The molecule has 2 rings (SSSR count). The van der Waals surface area contributed by atoms with Crippen LogP contribution in [0.5, 0.6) is 0 Å². The van der Waals surface area contributed by atoms with Crippen molar-refractivity contribution < 1.29 is 14.0 Å². The molecule has 20 heavy (non-hydrogen) atoms. The molecule has 0 bridgehead atoms. The molecule has 0 saturated heterocycles. The van der Waals surface area contributed by atoms with Crippen LogP contribution in [-0.4, -0.2) is 27.0 Å². The summed E-state index contributed by atoms with van der Waals surface area (Å²) in [5.74, 6) is -2.56. The molecule has 0 spiro atoms. The van der Waals surface area contributed by atoms with E-state index in [-0.39, 0.29) is 20.2 Å². The lowest BCUT2D eigenvalue weighted by Crippen LogP contribution is -2.15. The lowest BCUT2D eigenvalue weighted by atomic mass is 10.2. The smallest absolute Gasteiger partial charge is 0.279 e. The molecule has 2 amide bonds. The molecule has 0 saturated carbocycles. The third-order valence-corrected chi connectivity index (χ3v) is 3.73. The van der Waals surface area contributed by atoms with Gasteiger partial charge in [0.05, 0.1) is 10.0 Å². The highest BCUT2D eigenvalue weighted by Gasteiger charge is 2.21. The Hall–Kier alpha value is -1.65. The van der Waals surface area contributed by atoms with Gasteiger partial charge in [0.1, 0.15) is 0 Å². The summed E-state index contributed by atoms with van der Waals surface area (Å²) >= 11 is 9.26. The highest BCUT2D eigenvalue weighted by atomic mass is 79.9. The number of pyridine rings is 1. The molecule has 104 valence electrons. The average molecular weight is 381 g/mol. The monoisotopic (exact) mass is 379 g/mol. The maximum Gasteiger partial charge on any atom is 0.279 e. The zero-order chi connectivity index (χ0) is 14.9. The molecule has 0 radical (unpaired) electrons. The minimum absolute atomic E-state index is 0.00281. The Balaban J connectivity index is 2.28. The summed E-state index contributed by atoms with van der Waals surface area (Å²) in [7, 11) is 0. The summed E-state index contributed by atoms with van der Waals surface area (Å²) in [5.41, 5.74) is 4.67. The quantitative estimate of drug-likeness (QED) is 0.789. The van der Waals surface area contributed by atoms with Crippen molar-refractivity contribution in [1.82, 2.24) is 15.2 Å². The summed E-state index contributed by atoms with van der Waals surface area (Å²) in [6, 6.07) is 0. The van der Waals surface area contributed by atoms with E-state index in [9.17, 15) is 14.0 Å². The molecule has 0 atom stereocenters. The molecule has 3 N–H and O–H groups in total. The van der Waals surface area contributed by atoms with Crippen molar-refractivity contribution >= 4 is 55.8 Å². The van der Waals surface area contributed by atoms with Gasteiger partial charge in [-0.1, -0.05) is 22.9 Å². The summed E-state index contributed by atoms with van der Waals surface area (Å²) < 4.78 is 13.9. The van der Waals surface area contributed by atoms with Crippen molar-refractivity contribution in [3.05, 3.63) is 32.2 Å². The number of nitrogens with two attached hydrogens (primary N) is 1. The summed E-state index contributed by atoms with van der Waals surface area (Å²) in [4.78, 5) is 26.3. The van der Waals surface area contributed by atoms with Crippen LogP contribution in [0.2, 0.25) is 5.15 Å². The lowest BCUT2D eigenvalue weighted by molar-refractivity contribution is 0.0996. The van der Waals surface area contributed by atoms with Crippen molar-refractivity contribution in [1.29, 1.82) is 0 Å². The topological polar surface area (TPSA) is 111 Å². The maximum atomic E-state index is 13.8. The van der Waals surface area contributed by atoms with Gasteiger partial charge in [-0.05, 0) is 15.9 Å². The Bertz CT molecular complexity index is 710. The first-order chi connectivity index (χ1) is 9.40. The first-order valence-electron chi connectivity index (χ1n) is 4.84. The van der Waals surface area contributed by atoms with Gasteiger partial charge in [0.15, 0.2) is 11.0 Å². The summed E-state index contributed by atoms with van der Waals surface area (Å²) in [6.45, 7) is 0. The van der Waals surface area contributed by atoms with E-state index in [4.69, 9.17) is 17.3 Å². The maximum absolute atomic E-state index is 13.8. The Labute approximate surface area is 128 Å². The number of halogens is 3. The zero-order valence-corrected chi connectivity index (χ0v) is 12.5. The van der Waals surface area contributed by atoms with Gasteiger partial charge in [-0.2, -0.15) is 0 Å². The number of rotatable bonds is 3. The number of carbonyl (C=O) groups is 2. The fraction of sp³-hybridized carbons (Fsp3) is 0. The van der Waals surface area contributed by atoms with Crippen LogP contribution in [0.1, 0.15) is 20.2 Å². The zero-order valence-electron chi connectivity index (χ0n) is 9.35. The summed E-state index contributed by atoms with van der Waals surface area (Å²) in [5, 5.41) is 8.77. The molecule has 0 unspecified atom stereocenters. The molecular formula is C9H4BrClFN5O2S. The second-order valence-electron chi connectivity index (χ2n) is 3.32. The van der Waals surface area contributed by atoms with Crippen molar-refractivity contribution in [2.75, 3.05) is 5.32 Å². The van der Waals surface area contributed by atoms with Crippen LogP contribution in [0.3, 0.4) is 0 Å². The SMILES string of the molecule is NC(=O)c1nnc(NC(=O)c2c(Br)cnc(Cl)c2F)s1. The third kappa shape index (κ3) is 2.92. The van der Waals surface area contributed by atoms with E-state index in [1.165, 1.54) is 6.20 Å². The molecule has 0 aromatic carbocycles. The first kappa shape index (κ1) is 14.8. The lowest BCUT2D eigenvalue weighted by Gasteiger charge is -2.05. The predicted molar refractivity (Wildman–Crippen MR) is 73.3 cm³/mol. The van der Waals surface area contributed by atoms with Crippen molar-refractivity contribution in [2.24, 2.45) is 5.73 Å². The Kier molecular flexibility index (Phi) is 4.26. The minimum atomic E-state index is -0.974. The van der Waals surface area contributed by atoms with Crippen LogP contribution in [0.15, 0.2) is 10.7 Å². The van der Waals surface area contributed by atoms with Crippen molar-refractivity contribution in [3.8, 4) is 0 Å². The molecule has 11 heteroatoms. The van der Waals surface area contributed by atoms with E-state index < -0.39 is 22.8 Å². The van der Waals surface area contributed by atoms with Gasteiger partial charge in [-0.25, -0.2) is 9.37 Å². The standard InChI is InChI=1S/C9H4BrClFN5O2S/c10-2-1-14-5(11)4(12)3(2)7(19)15-9-17-16-8(20-9)6(13)18/h1H,(H2,13,18)(H,15,17,19). The molecule has 2 heterocycles. The van der Waals surface area contributed by atoms with E-state index in [0.29, 0.717) is 0 Å². The van der Waals surface area contributed by atoms with Crippen LogP contribution >= 0.6 is 38.9 Å². The van der Waals surface area contributed by atoms with E-state index >= 15 is 0 Å². The second kappa shape index (κ2) is 5.77. The number of nitrogens with zero attached hydrogens (tertiary/aromatic N) is 3. The van der Waals surface area contributed by atoms with Crippen molar-refractivity contribution in [2.45, 2.75) is 0 Å². The largest absolute Gasteiger partial charge is 0.363 e. The number of nitrogens with one attached hydrogen (secondary N) is 1. The number of carbonyl (C=O) groups excluding carboxylic acids is 2. The molecule has 0 fully saturated rings. The van der Waals surface area contributed by atoms with Crippen molar-refractivity contribution in [3.63, 3.8) is 0 Å². The van der Waals surface area contributed by atoms with E-state index in [1.807, 2.05) is 0 Å². The Morgan fingerprint density at radius 3 is 2.75 bits per heavy atom. The molecule has 2 aromatic heterocycles. The molecule has 7 nitrogen and oxygen atoms in total. The van der Waals surface area contributed by atoms with Gasteiger partial charge in [0, 0.05) is 6.20 Å². The molecule has 0 aliphatic carbocycles. The van der Waals surface area contributed by atoms with Gasteiger partial charge in [-0.15, -0.1) is 10.2 Å². The second-order valence-corrected chi connectivity index (χ2v) is 5.51. The van der Waals surface area contributed by atoms with Crippen LogP contribution in [0.4, 0.5) is 9.52 Å². The highest BCUT2D eigenvalue weighted by Crippen LogP contribution is 2.25. The number of aromatic nitrogens is 3. The minimum Gasteiger partial charge on any atom is -0.363 e. The number of hydrogen-bond donors (Lipinski definition) is 2. The van der Waals surface area contributed by atoms with Crippen LogP contribution in [-0.2, 0) is 0 Å². The Morgan fingerprint density at radius 1 is 1.45 bits per heavy atom. The molecule has 0 aliphatic rings. The van der Waals surface area contributed by atoms with Crippen LogP contribution in [0, 0.1) is 5.82 Å². The highest BCUT2D eigenvalue weighted by molar-refractivity contribution is 9.10. The summed E-state index contributed by atoms with van der Waals surface area (Å²) in [6.07, 6.45) is 1.19. The number of amides is 2. The first-order valence-corrected chi connectivity index (χ1v) is 6.83. The molecule has 2 aromatic rings. The van der Waals surface area contributed by atoms with Crippen LogP contribution in [0.25, 0.3) is 0 Å².